The number of para-hydroxylation sites is 1. The van der Waals surface area contributed by atoms with Gasteiger partial charge in [0.15, 0.2) is 5.58 Å². The van der Waals surface area contributed by atoms with Crippen molar-refractivity contribution in [2.45, 2.75) is 6.54 Å². The van der Waals surface area contributed by atoms with Crippen LogP contribution in [0.25, 0.3) is 22.2 Å². The fourth-order valence-electron chi connectivity index (χ4n) is 3.12. The molecule has 27 heavy (non-hydrogen) atoms. The summed E-state index contributed by atoms with van der Waals surface area (Å²) >= 11 is 0. The number of nitrogens with one attached hydrogen (secondary N) is 3. The number of H-pyrrole nitrogens is 1. The highest BCUT2D eigenvalue weighted by molar-refractivity contribution is 5.85. The molecule has 1 heterocycles. The van der Waals surface area contributed by atoms with Gasteiger partial charge in [-0.05, 0) is 34.9 Å². The normalized spacial score (nSPS) is 11.0. The minimum Gasteiger partial charge on any atom is -0.406 e. The van der Waals surface area contributed by atoms with E-state index in [0.717, 1.165) is 25.3 Å². The monoisotopic (exact) mass is 359 g/mol. The fraction of sp³-hybridized carbons (Fsp3) is 0.136. The Balaban J connectivity index is 1.31. The highest BCUT2D eigenvalue weighted by Gasteiger charge is 2.05. The Morgan fingerprint density at radius 2 is 1.67 bits per heavy atom. The molecule has 0 bridgehead atoms. The molecule has 5 nitrogen and oxygen atoms in total. The van der Waals surface area contributed by atoms with Crippen molar-refractivity contribution in [3.05, 3.63) is 88.9 Å². The highest BCUT2D eigenvalue weighted by atomic mass is 16.4. The van der Waals surface area contributed by atoms with Crippen LogP contribution in [0.1, 0.15) is 5.56 Å². The van der Waals surface area contributed by atoms with Crippen LogP contribution < -0.4 is 16.4 Å². The molecule has 0 unspecified atom stereocenters. The third-order valence-corrected chi connectivity index (χ3v) is 4.43. The predicted molar refractivity (Wildman–Crippen MR) is 109 cm³/mol. The van der Waals surface area contributed by atoms with Gasteiger partial charge in [-0.3, -0.25) is 4.98 Å². The van der Waals surface area contributed by atoms with Gasteiger partial charge in [-0.1, -0.05) is 54.6 Å². The average molecular weight is 359 g/mol. The summed E-state index contributed by atoms with van der Waals surface area (Å²) in [7, 11) is 0. The van der Waals surface area contributed by atoms with Crippen molar-refractivity contribution in [3.8, 4) is 11.1 Å². The van der Waals surface area contributed by atoms with E-state index in [9.17, 15) is 4.79 Å². The largest absolute Gasteiger partial charge is 0.417 e. The molecule has 0 radical (unpaired) electrons. The summed E-state index contributed by atoms with van der Waals surface area (Å²) in [5.41, 5.74) is 5.78. The Morgan fingerprint density at radius 3 is 2.56 bits per heavy atom. The van der Waals surface area contributed by atoms with E-state index >= 15 is 0 Å². The standard InChI is InChI=1S/C22H21N3O2/c26-22-25-20-11-5-10-19(21(20)27-22)24-13-12-23-15-16-6-4-9-18(14-16)17-7-2-1-3-8-17/h1-11,14,23-24H,12-13,15H2,(H,25,26). The van der Waals surface area contributed by atoms with Crippen LogP contribution in [-0.2, 0) is 6.54 Å². The van der Waals surface area contributed by atoms with Crippen LogP contribution in [-0.4, -0.2) is 18.1 Å². The molecule has 0 spiro atoms. The molecular weight excluding hydrogens is 338 g/mol. The van der Waals surface area contributed by atoms with Crippen molar-refractivity contribution in [2.75, 3.05) is 18.4 Å². The molecule has 0 saturated carbocycles. The first-order valence-corrected chi connectivity index (χ1v) is 9.00. The Morgan fingerprint density at radius 1 is 0.852 bits per heavy atom. The van der Waals surface area contributed by atoms with Crippen LogP contribution in [0.3, 0.4) is 0 Å². The molecular formula is C22H21N3O2. The van der Waals surface area contributed by atoms with Crippen molar-refractivity contribution >= 4 is 16.8 Å². The molecule has 0 atom stereocenters. The fourth-order valence-corrected chi connectivity index (χ4v) is 3.12. The number of fused-ring (bicyclic) bond motifs is 1. The number of hydrogen-bond acceptors (Lipinski definition) is 4. The second-order valence-corrected chi connectivity index (χ2v) is 6.37. The Bertz CT molecular complexity index is 1080. The molecule has 5 heteroatoms. The van der Waals surface area contributed by atoms with E-state index in [0.29, 0.717) is 11.1 Å². The van der Waals surface area contributed by atoms with Crippen LogP contribution in [0.2, 0.25) is 0 Å². The lowest BCUT2D eigenvalue weighted by Gasteiger charge is -2.09. The van der Waals surface area contributed by atoms with E-state index in [1.54, 1.807) is 0 Å². The van der Waals surface area contributed by atoms with Gasteiger partial charge in [-0.15, -0.1) is 0 Å². The Hall–Kier alpha value is -3.31. The van der Waals surface area contributed by atoms with Gasteiger partial charge in [0.1, 0.15) is 0 Å². The van der Waals surface area contributed by atoms with Gasteiger partial charge in [0.2, 0.25) is 0 Å². The van der Waals surface area contributed by atoms with Gasteiger partial charge >= 0.3 is 5.76 Å². The first kappa shape index (κ1) is 17.1. The first-order valence-electron chi connectivity index (χ1n) is 9.00. The number of hydrogen-bond donors (Lipinski definition) is 3. The number of rotatable bonds is 7. The summed E-state index contributed by atoms with van der Waals surface area (Å²) in [6.07, 6.45) is 0. The van der Waals surface area contributed by atoms with Crippen LogP contribution >= 0.6 is 0 Å². The second kappa shape index (κ2) is 7.93. The van der Waals surface area contributed by atoms with Crippen molar-refractivity contribution < 1.29 is 4.42 Å². The minimum atomic E-state index is -0.435. The van der Waals surface area contributed by atoms with Gasteiger partial charge < -0.3 is 15.1 Å². The lowest BCUT2D eigenvalue weighted by Crippen LogP contribution is -2.21. The van der Waals surface area contributed by atoms with Gasteiger partial charge in [0.05, 0.1) is 11.2 Å². The maximum absolute atomic E-state index is 11.3. The summed E-state index contributed by atoms with van der Waals surface area (Å²) in [5.74, 6) is -0.435. The van der Waals surface area contributed by atoms with Crippen LogP contribution in [0.15, 0.2) is 82.0 Å². The maximum atomic E-state index is 11.3. The quantitative estimate of drug-likeness (QED) is 0.436. The summed E-state index contributed by atoms with van der Waals surface area (Å²) in [6.45, 7) is 2.32. The van der Waals surface area contributed by atoms with Crippen LogP contribution in [0, 0.1) is 0 Å². The van der Waals surface area contributed by atoms with Crippen molar-refractivity contribution in [2.24, 2.45) is 0 Å². The molecule has 0 aliphatic carbocycles. The number of benzene rings is 3. The maximum Gasteiger partial charge on any atom is 0.417 e. The van der Waals surface area contributed by atoms with Gasteiger partial charge in [-0.25, -0.2) is 4.79 Å². The number of aromatic nitrogens is 1. The number of aromatic amines is 1. The Labute approximate surface area is 157 Å². The van der Waals surface area contributed by atoms with E-state index in [1.165, 1.54) is 16.7 Å². The lowest BCUT2D eigenvalue weighted by molar-refractivity contribution is 0.556. The summed E-state index contributed by atoms with van der Waals surface area (Å²) < 4.78 is 5.19. The molecule has 3 aromatic carbocycles. The smallest absolute Gasteiger partial charge is 0.406 e. The molecule has 0 fully saturated rings. The molecule has 1 aromatic heterocycles. The van der Waals surface area contributed by atoms with E-state index in [4.69, 9.17) is 4.42 Å². The van der Waals surface area contributed by atoms with Crippen LogP contribution in [0.4, 0.5) is 5.69 Å². The van der Waals surface area contributed by atoms with Crippen molar-refractivity contribution in [1.82, 2.24) is 10.3 Å². The Kier molecular flexibility index (Phi) is 5.03. The predicted octanol–water partition coefficient (Wildman–Crippen LogP) is 3.99. The summed E-state index contributed by atoms with van der Waals surface area (Å²) in [6, 6.07) is 24.6. The zero-order valence-corrected chi connectivity index (χ0v) is 14.9. The van der Waals surface area contributed by atoms with E-state index < -0.39 is 5.76 Å². The van der Waals surface area contributed by atoms with E-state index in [1.807, 2.05) is 24.3 Å². The van der Waals surface area contributed by atoms with E-state index in [2.05, 4.69) is 64.1 Å². The van der Waals surface area contributed by atoms with Crippen molar-refractivity contribution in [1.29, 1.82) is 0 Å². The zero-order valence-electron chi connectivity index (χ0n) is 14.9. The number of oxazole rings is 1. The zero-order chi connectivity index (χ0) is 18.5. The molecule has 136 valence electrons. The van der Waals surface area contributed by atoms with E-state index in [-0.39, 0.29) is 0 Å². The van der Waals surface area contributed by atoms with Gasteiger partial charge in [0.25, 0.3) is 0 Å². The summed E-state index contributed by atoms with van der Waals surface area (Å²) in [5, 5.41) is 6.75. The topological polar surface area (TPSA) is 70.1 Å². The van der Waals surface area contributed by atoms with Gasteiger partial charge in [-0.2, -0.15) is 0 Å². The average Bonchev–Trinajstić information content (AvgIpc) is 3.10. The molecule has 0 amide bonds. The third kappa shape index (κ3) is 4.10. The molecule has 4 aromatic rings. The summed E-state index contributed by atoms with van der Waals surface area (Å²) in [4.78, 5) is 14.0. The molecule has 3 N–H and O–H groups in total. The first-order chi connectivity index (χ1) is 13.3. The van der Waals surface area contributed by atoms with Gasteiger partial charge in [0, 0.05) is 19.6 Å². The van der Waals surface area contributed by atoms with Crippen molar-refractivity contribution in [3.63, 3.8) is 0 Å². The van der Waals surface area contributed by atoms with Crippen LogP contribution in [0.5, 0.6) is 0 Å². The lowest BCUT2D eigenvalue weighted by atomic mass is 10.0. The minimum absolute atomic E-state index is 0.435. The molecule has 0 saturated heterocycles. The number of anilines is 1. The molecule has 0 aliphatic rings. The SMILES string of the molecule is O=c1[nH]c2cccc(NCCNCc3cccc(-c4ccccc4)c3)c2o1. The molecule has 0 aliphatic heterocycles. The second-order valence-electron chi connectivity index (χ2n) is 6.37. The molecule has 4 rings (SSSR count). The highest BCUT2D eigenvalue weighted by Crippen LogP contribution is 2.21. The third-order valence-electron chi connectivity index (χ3n) is 4.43.